The van der Waals surface area contributed by atoms with E-state index in [1.807, 2.05) is 6.92 Å². The first-order valence-electron chi connectivity index (χ1n) is 5.22. The van der Waals surface area contributed by atoms with Crippen molar-refractivity contribution in [3.05, 3.63) is 33.3 Å². The highest BCUT2D eigenvalue weighted by molar-refractivity contribution is 7.86. The third-order valence-corrected chi connectivity index (χ3v) is 3.77. The van der Waals surface area contributed by atoms with Gasteiger partial charge in [-0.05, 0) is 18.6 Å². The van der Waals surface area contributed by atoms with E-state index in [1.54, 1.807) is 0 Å². The Bertz CT molecular complexity index is 543. The zero-order chi connectivity index (χ0) is 13.8. The molecule has 0 aromatic heterocycles. The van der Waals surface area contributed by atoms with Gasteiger partial charge in [-0.15, -0.1) is 0 Å². The summed E-state index contributed by atoms with van der Waals surface area (Å²) in [6, 6.07) is 3.23. The van der Waals surface area contributed by atoms with Crippen LogP contribution in [0.1, 0.15) is 19.8 Å². The maximum atomic E-state index is 11.7. The minimum absolute atomic E-state index is 0.0509. The predicted molar refractivity (Wildman–Crippen MR) is 66.2 cm³/mol. The molecule has 18 heavy (non-hydrogen) atoms. The first-order chi connectivity index (χ1) is 8.38. The van der Waals surface area contributed by atoms with Gasteiger partial charge in [0.25, 0.3) is 15.8 Å². The number of nitro groups is 1. The van der Waals surface area contributed by atoms with E-state index < -0.39 is 20.7 Å². The van der Waals surface area contributed by atoms with Gasteiger partial charge in [-0.25, -0.2) is 0 Å². The first-order valence-corrected chi connectivity index (χ1v) is 7.00. The lowest BCUT2D eigenvalue weighted by atomic mass is 10.3. The number of hydrogen-bond donors (Lipinski definition) is 0. The van der Waals surface area contributed by atoms with Gasteiger partial charge in [-0.1, -0.05) is 24.9 Å². The minimum atomic E-state index is -3.97. The Morgan fingerprint density at radius 3 is 2.67 bits per heavy atom. The molecule has 1 aromatic rings. The Labute approximate surface area is 110 Å². The van der Waals surface area contributed by atoms with Crippen molar-refractivity contribution in [2.75, 3.05) is 6.61 Å². The summed E-state index contributed by atoms with van der Waals surface area (Å²) in [5.41, 5.74) is -0.461. The van der Waals surface area contributed by atoms with Crippen LogP contribution < -0.4 is 0 Å². The summed E-state index contributed by atoms with van der Waals surface area (Å²) in [6.07, 6.45) is 1.38. The van der Waals surface area contributed by atoms with Crippen molar-refractivity contribution in [1.29, 1.82) is 0 Å². The van der Waals surface area contributed by atoms with Crippen molar-refractivity contribution in [3.8, 4) is 0 Å². The van der Waals surface area contributed by atoms with Crippen LogP contribution in [-0.2, 0) is 14.3 Å². The largest absolute Gasteiger partial charge is 0.297 e. The molecule has 0 radical (unpaired) electrons. The molecule has 1 rings (SSSR count). The second-order valence-electron chi connectivity index (χ2n) is 3.50. The van der Waals surface area contributed by atoms with E-state index >= 15 is 0 Å². The fourth-order valence-electron chi connectivity index (χ4n) is 1.17. The zero-order valence-corrected chi connectivity index (χ0v) is 11.2. The number of benzene rings is 1. The van der Waals surface area contributed by atoms with Gasteiger partial charge in [0.15, 0.2) is 0 Å². The van der Waals surface area contributed by atoms with Gasteiger partial charge in [0.1, 0.15) is 9.92 Å². The van der Waals surface area contributed by atoms with Gasteiger partial charge in [0, 0.05) is 6.07 Å². The van der Waals surface area contributed by atoms with Crippen molar-refractivity contribution in [2.45, 2.75) is 24.7 Å². The maximum absolute atomic E-state index is 11.7. The van der Waals surface area contributed by atoms with Gasteiger partial charge < -0.3 is 0 Å². The molecule has 0 aliphatic rings. The van der Waals surface area contributed by atoms with E-state index in [9.17, 15) is 18.5 Å². The van der Waals surface area contributed by atoms with Gasteiger partial charge in [-0.2, -0.15) is 8.42 Å². The average Bonchev–Trinajstić information content (AvgIpc) is 2.29. The number of rotatable bonds is 6. The van der Waals surface area contributed by atoms with Crippen molar-refractivity contribution < 1.29 is 17.5 Å². The summed E-state index contributed by atoms with van der Waals surface area (Å²) in [6.45, 7) is 1.94. The van der Waals surface area contributed by atoms with Crippen LogP contribution in [0.5, 0.6) is 0 Å². The summed E-state index contributed by atoms with van der Waals surface area (Å²) >= 11 is 5.59. The monoisotopic (exact) mass is 293 g/mol. The summed E-state index contributed by atoms with van der Waals surface area (Å²) in [5, 5.41) is 10.5. The lowest BCUT2D eigenvalue weighted by Gasteiger charge is -2.05. The molecule has 0 heterocycles. The first kappa shape index (κ1) is 14.9. The fraction of sp³-hybridized carbons (Fsp3) is 0.400. The highest BCUT2D eigenvalue weighted by Gasteiger charge is 2.21. The van der Waals surface area contributed by atoms with E-state index in [4.69, 9.17) is 15.8 Å². The second-order valence-corrected chi connectivity index (χ2v) is 5.52. The molecular weight excluding hydrogens is 282 g/mol. The van der Waals surface area contributed by atoms with Crippen LogP contribution in [0, 0.1) is 10.1 Å². The highest BCUT2D eigenvalue weighted by Crippen LogP contribution is 2.27. The van der Waals surface area contributed by atoms with Gasteiger partial charge >= 0.3 is 0 Å². The van der Waals surface area contributed by atoms with E-state index in [0.717, 1.165) is 18.6 Å². The molecule has 1 aromatic carbocycles. The molecule has 8 heteroatoms. The quantitative estimate of drug-likeness (QED) is 0.348. The normalized spacial score (nSPS) is 11.4. The molecule has 0 saturated carbocycles. The fourth-order valence-corrected chi connectivity index (χ4v) is 2.32. The third-order valence-electron chi connectivity index (χ3n) is 2.14. The number of nitro benzene ring substituents is 1. The average molecular weight is 294 g/mol. The molecule has 0 aliphatic carbocycles. The number of hydrogen-bond acceptors (Lipinski definition) is 5. The van der Waals surface area contributed by atoms with Gasteiger partial charge in [-0.3, -0.25) is 14.3 Å². The Morgan fingerprint density at radius 2 is 2.11 bits per heavy atom. The van der Waals surface area contributed by atoms with E-state index in [2.05, 4.69) is 0 Å². The maximum Gasteiger partial charge on any atom is 0.297 e. The van der Waals surface area contributed by atoms with Crippen molar-refractivity contribution in [2.24, 2.45) is 0 Å². The molecule has 100 valence electrons. The Hall–Kier alpha value is -1.18. The molecule has 0 fully saturated rings. The van der Waals surface area contributed by atoms with Crippen molar-refractivity contribution in [3.63, 3.8) is 0 Å². The third kappa shape index (κ3) is 3.66. The van der Waals surface area contributed by atoms with E-state index in [-0.39, 0.29) is 16.5 Å². The summed E-state index contributed by atoms with van der Waals surface area (Å²) < 4.78 is 28.1. The predicted octanol–water partition coefficient (Wildman–Crippen LogP) is 2.75. The topological polar surface area (TPSA) is 86.5 Å². The van der Waals surface area contributed by atoms with E-state index in [0.29, 0.717) is 6.42 Å². The molecule has 0 atom stereocenters. The van der Waals surface area contributed by atoms with E-state index in [1.165, 1.54) is 6.07 Å². The molecule has 0 N–H and O–H groups in total. The number of halogens is 1. The van der Waals surface area contributed by atoms with Crippen LogP contribution in [0.2, 0.25) is 5.02 Å². The second kappa shape index (κ2) is 6.12. The van der Waals surface area contributed by atoms with Crippen LogP contribution in [0.25, 0.3) is 0 Å². The lowest BCUT2D eigenvalue weighted by molar-refractivity contribution is -0.384. The SMILES string of the molecule is CCCCOS(=O)(=O)c1ccc(Cl)c([N+](=O)[O-])c1. The van der Waals surface area contributed by atoms with Crippen LogP contribution in [0.15, 0.2) is 23.1 Å². The minimum Gasteiger partial charge on any atom is -0.266 e. The van der Waals surface area contributed by atoms with Crippen molar-refractivity contribution >= 4 is 27.4 Å². The summed E-state index contributed by atoms with van der Waals surface area (Å²) in [5.74, 6) is 0. The molecule has 0 amide bonds. The molecule has 0 saturated heterocycles. The lowest BCUT2D eigenvalue weighted by Crippen LogP contribution is -2.08. The number of nitrogens with zero attached hydrogens (tertiary/aromatic N) is 1. The smallest absolute Gasteiger partial charge is 0.266 e. The molecule has 0 unspecified atom stereocenters. The zero-order valence-electron chi connectivity index (χ0n) is 9.63. The summed E-state index contributed by atoms with van der Waals surface area (Å²) in [4.78, 5) is 9.64. The van der Waals surface area contributed by atoms with Gasteiger partial charge in [0.05, 0.1) is 11.5 Å². The van der Waals surface area contributed by atoms with Gasteiger partial charge in [0.2, 0.25) is 0 Å². The molecule has 0 spiro atoms. The molecule has 0 bridgehead atoms. The van der Waals surface area contributed by atoms with Crippen LogP contribution in [0.3, 0.4) is 0 Å². The summed E-state index contributed by atoms with van der Waals surface area (Å²) in [7, 11) is -3.97. The Kier molecular flexibility index (Phi) is 5.06. The highest BCUT2D eigenvalue weighted by atomic mass is 35.5. The van der Waals surface area contributed by atoms with Crippen LogP contribution in [-0.4, -0.2) is 19.9 Å². The Balaban J connectivity index is 3.02. The molecule has 6 nitrogen and oxygen atoms in total. The Morgan fingerprint density at radius 1 is 1.44 bits per heavy atom. The van der Waals surface area contributed by atoms with Crippen LogP contribution >= 0.6 is 11.6 Å². The molecule has 0 aliphatic heterocycles. The van der Waals surface area contributed by atoms with Crippen LogP contribution in [0.4, 0.5) is 5.69 Å². The standard InChI is InChI=1S/C10H12ClNO5S/c1-2-3-6-17-18(15,16)8-4-5-9(11)10(7-8)12(13)14/h4-5,7H,2-3,6H2,1H3. The molecular formula is C10H12ClNO5S. The van der Waals surface area contributed by atoms with Crippen molar-refractivity contribution in [1.82, 2.24) is 0 Å². The number of unbranched alkanes of at least 4 members (excludes halogenated alkanes) is 1.